The van der Waals surface area contributed by atoms with E-state index in [0.29, 0.717) is 39.3 Å². The molecule has 44 heavy (non-hydrogen) atoms. The largest absolute Gasteiger partial charge is 0.444 e. The Kier molecular flexibility index (Phi) is 10.1. The zero-order valence-corrected chi connectivity index (χ0v) is 26.9. The summed E-state index contributed by atoms with van der Waals surface area (Å²) in [5.41, 5.74) is 14.4. The van der Waals surface area contributed by atoms with Crippen molar-refractivity contribution < 1.29 is 23.9 Å². The number of hydrogen-bond acceptors (Lipinski definition) is 9. The Morgan fingerprint density at radius 3 is 1.36 bits per heavy atom. The predicted molar refractivity (Wildman–Crippen MR) is 172 cm³/mol. The molecule has 2 fully saturated rings. The Morgan fingerprint density at radius 2 is 1.02 bits per heavy atom. The Labute approximate surface area is 261 Å². The van der Waals surface area contributed by atoms with Crippen LogP contribution in [-0.4, -0.2) is 90.3 Å². The van der Waals surface area contributed by atoms with Crippen molar-refractivity contribution in [1.82, 2.24) is 9.80 Å². The van der Waals surface area contributed by atoms with Crippen LogP contribution in [-0.2, 0) is 27.4 Å². The molecule has 0 radical (unpaired) electrons. The monoisotopic (exact) mass is 608 g/mol. The first-order valence-electron chi connectivity index (χ1n) is 15.3. The summed E-state index contributed by atoms with van der Waals surface area (Å²) in [5, 5.41) is 0. The quantitative estimate of drug-likeness (QED) is 0.503. The number of para-hydroxylation sites is 2. The molecule has 2 aliphatic rings. The van der Waals surface area contributed by atoms with Crippen LogP contribution in [0.1, 0.15) is 52.7 Å². The lowest BCUT2D eigenvalue weighted by molar-refractivity contribution is -0.123. The van der Waals surface area contributed by atoms with Crippen LogP contribution in [0.4, 0.5) is 21.0 Å². The van der Waals surface area contributed by atoms with Gasteiger partial charge in [-0.15, -0.1) is 0 Å². The molecular formula is C33H48N6O5. The summed E-state index contributed by atoms with van der Waals surface area (Å²) < 4.78 is 11.4. The van der Waals surface area contributed by atoms with E-state index in [2.05, 4.69) is 0 Å². The highest BCUT2D eigenvalue weighted by Crippen LogP contribution is 2.31. The van der Waals surface area contributed by atoms with E-state index >= 15 is 0 Å². The molecule has 240 valence electrons. The second kappa shape index (κ2) is 13.4. The number of amides is 2. The summed E-state index contributed by atoms with van der Waals surface area (Å²) in [6, 6.07) is 14.1. The second-order valence-corrected chi connectivity index (χ2v) is 13.3. The van der Waals surface area contributed by atoms with Gasteiger partial charge >= 0.3 is 12.2 Å². The predicted octanol–water partition coefficient (Wildman–Crippen LogP) is 3.72. The van der Waals surface area contributed by atoms with E-state index in [-0.39, 0.29) is 18.9 Å². The zero-order valence-electron chi connectivity index (χ0n) is 26.9. The number of nitrogens with zero attached hydrogens (tertiary/aromatic N) is 4. The lowest BCUT2D eigenvalue weighted by Crippen LogP contribution is -2.66. The third-order valence-corrected chi connectivity index (χ3v) is 7.76. The number of ether oxygens (including phenoxy) is 2. The number of ketones is 1. The van der Waals surface area contributed by atoms with Crippen LogP contribution in [0, 0.1) is 0 Å². The van der Waals surface area contributed by atoms with E-state index in [4.69, 9.17) is 20.9 Å². The van der Waals surface area contributed by atoms with Crippen molar-refractivity contribution in [2.75, 3.05) is 49.1 Å². The van der Waals surface area contributed by atoms with Crippen molar-refractivity contribution in [1.29, 1.82) is 0 Å². The molecule has 2 atom stereocenters. The molecule has 2 aliphatic heterocycles. The number of nitrogens with two attached hydrogens (primary N) is 2. The lowest BCUT2D eigenvalue weighted by Gasteiger charge is -2.47. The molecule has 0 bridgehead atoms. The summed E-state index contributed by atoms with van der Waals surface area (Å²) in [6.07, 6.45) is -0.933. The smallest absolute Gasteiger partial charge is 0.410 e. The molecule has 2 saturated heterocycles. The molecule has 11 nitrogen and oxygen atoms in total. The minimum absolute atomic E-state index is 0.120. The van der Waals surface area contributed by atoms with E-state index in [1.165, 1.54) is 0 Å². The van der Waals surface area contributed by atoms with Gasteiger partial charge in [0.05, 0.1) is 13.1 Å². The van der Waals surface area contributed by atoms with Crippen molar-refractivity contribution >= 4 is 29.3 Å². The highest BCUT2D eigenvalue weighted by Gasteiger charge is 2.44. The van der Waals surface area contributed by atoms with Gasteiger partial charge in [-0.1, -0.05) is 36.4 Å². The average molecular weight is 609 g/mol. The maximum absolute atomic E-state index is 14.9. The highest BCUT2D eigenvalue weighted by molar-refractivity contribution is 5.96. The minimum atomic E-state index is -0.722. The summed E-state index contributed by atoms with van der Waals surface area (Å²) in [7, 11) is 0. The van der Waals surface area contributed by atoms with E-state index in [1.807, 2.05) is 99.9 Å². The number of hydrogen-bond donors (Lipinski definition) is 2. The van der Waals surface area contributed by atoms with Gasteiger partial charge in [0.15, 0.2) is 5.78 Å². The topological polar surface area (TPSA) is 135 Å². The number of rotatable bonds is 6. The molecule has 4 rings (SSSR count). The van der Waals surface area contributed by atoms with Crippen LogP contribution in [0.25, 0.3) is 0 Å². The molecular weight excluding hydrogens is 560 g/mol. The van der Waals surface area contributed by atoms with Gasteiger partial charge in [0, 0.05) is 50.6 Å². The molecule has 2 aromatic rings. The van der Waals surface area contributed by atoms with Crippen LogP contribution >= 0.6 is 0 Å². The summed E-state index contributed by atoms with van der Waals surface area (Å²) in [4.78, 5) is 48.7. The minimum Gasteiger partial charge on any atom is -0.444 e. The fourth-order valence-corrected chi connectivity index (χ4v) is 5.76. The lowest BCUT2D eigenvalue weighted by atomic mass is 9.95. The molecule has 0 spiro atoms. The van der Waals surface area contributed by atoms with Crippen molar-refractivity contribution in [2.24, 2.45) is 11.5 Å². The molecule has 2 amide bonds. The van der Waals surface area contributed by atoms with E-state index in [0.717, 1.165) is 22.5 Å². The SMILES string of the molecule is CC(C)(C)OC(=O)N1CCN(c2ccccc2CN)C(C(=O)C2CN(C(=O)OC(C)(C)C)CCN2c2ccccc2CN)C1. The molecule has 0 aromatic heterocycles. The Bertz CT molecular complexity index is 1240. The van der Waals surface area contributed by atoms with Gasteiger partial charge in [-0.05, 0) is 64.8 Å². The van der Waals surface area contributed by atoms with Gasteiger partial charge in [-0.25, -0.2) is 9.59 Å². The van der Waals surface area contributed by atoms with Crippen LogP contribution in [0.5, 0.6) is 0 Å². The van der Waals surface area contributed by atoms with E-state index in [1.54, 1.807) is 9.80 Å². The van der Waals surface area contributed by atoms with Gasteiger partial charge in [-0.2, -0.15) is 0 Å². The Hall–Kier alpha value is -3.83. The van der Waals surface area contributed by atoms with Gasteiger partial charge in [0.2, 0.25) is 0 Å². The maximum atomic E-state index is 14.9. The van der Waals surface area contributed by atoms with Crippen molar-refractivity contribution in [3.8, 4) is 0 Å². The van der Waals surface area contributed by atoms with Crippen molar-refractivity contribution in [3.05, 3.63) is 59.7 Å². The van der Waals surface area contributed by atoms with Crippen LogP contribution in [0.3, 0.4) is 0 Å². The summed E-state index contributed by atoms with van der Waals surface area (Å²) >= 11 is 0. The normalized spacial score (nSPS) is 19.5. The third-order valence-electron chi connectivity index (χ3n) is 7.76. The fraction of sp³-hybridized carbons (Fsp3) is 0.545. The highest BCUT2D eigenvalue weighted by atomic mass is 16.6. The molecule has 2 heterocycles. The summed E-state index contributed by atoms with van der Waals surface area (Å²) in [6.45, 7) is 13.4. The van der Waals surface area contributed by atoms with Gasteiger partial charge in [-0.3, -0.25) is 4.79 Å². The maximum Gasteiger partial charge on any atom is 0.410 e. The first-order valence-corrected chi connectivity index (χ1v) is 15.3. The first kappa shape index (κ1) is 33.1. The van der Waals surface area contributed by atoms with E-state index < -0.39 is 35.5 Å². The fourth-order valence-electron chi connectivity index (χ4n) is 5.76. The molecule has 2 aromatic carbocycles. The number of anilines is 2. The summed E-state index contributed by atoms with van der Waals surface area (Å²) in [5.74, 6) is -0.120. The molecule has 0 aliphatic carbocycles. The first-order chi connectivity index (χ1) is 20.7. The Balaban J connectivity index is 1.75. The van der Waals surface area contributed by atoms with Crippen LogP contribution in [0.15, 0.2) is 48.5 Å². The second-order valence-electron chi connectivity index (χ2n) is 13.3. The number of piperazine rings is 2. The van der Waals surface area contributed by atoms with Gasteiger partial charge in [0.1, 0.15) is 23.3 Å². The van der Waals surface area contributed by atoms with Crippen LogP contribution in [0.2, 0.25) is 0 Å². The zero-order chi connectivity index (χ0) is 32.2. The van der Waals surface area contributed by atoms with Gasteiger partial charge in [0.25, 0.3) is 0 Å². The van der Waals surface area contributed by atoms with E-state index in [9.17, 15) is 14.4 Å². The number of carbonyl (C=O) groups excluding carboxylic acids is 3. The van der Waals surface area contributed by atoms with Crippen LogP contribution < -0.4 is 21.3 Å². The van der Waals surface area contributed by atoms with Crippen molar-refractivity contribution in [2.45, 2.75) is 77.9 Å². The molecule has 11 heteroatoms. The van der Waals surface area contributed by atoms with Crippen molar-refractivity contribution in [3.63, 3.8) is 0 Å². The Morgan fingerprint density at radius 1 is 0.659 bits per heavy atom. The molecule has 2 unspecified atom stereocenters. The third kappa shape index (κ3) is 7.81. The molecule has 0 saturated carbocycles. The number of carbonyl (C=O) groups is 3. The molecule has 4 N–H and O–H groups in total. The van der Waals surface area contributed by atoms with Gasteiger partial charge < -0.3 is 40.5 Å². The standard InChI is InChI=1S/C33H48N6O5/c1-32(2,3)43-30(41)36-15-17-38(25-13-9-7-11-23(25)19-34)27(21-36)29(40)28-22-37(31(42)44-33(4,5)6)16-18-39(28)26-14-10-8-12-24(26)20-35/h7-14,27-28H,15-22,34-35H2,1-6H3. The number of benzene rings is 2. The number of Topliss-reactive ketones (excluding diaryl/α,β-unsaturated/α-hetero) is 1. The average Bonchev–Trinajstić information content (AvgIpc) is 2.98.